The Hall–Kier alpha value is -2.06. The normalized spacial score (nSPS) is 14.0. The van der Waals surface area contributed by atoms with Gasteiger partial charge in [-0.05, 0) is 11.6 Å². The van der Waals surface area contributed by atoms with E-state index < -0.39 is 18.1 Å². The van der Waals surface area contributed by atoms with Crippen molar-refractivity contribution < 1.29 is 30.7 Å². The van der Waals surface area contributed by atoms with Crippen LogP contribution < -0.4 is 5.43 Å². The average molecular weight is 314 g/mol. The summed E-state index contributed by atoms with van der Waals surface area (Å²) in [6.45, 7) is 0. The van der Waals surface area contributed by atoms with Gasteiger partial charge in [0.2, 0.25) is 0 Å². The molecule has 0 unspecified atom stereocenters. The zero-order chi connectivity index (χ0) is 16.1. The topological polar surface area (TPSA) is 24.4 Å². The number of nitrogens with zero attached hydrogens (tertiary/aromatic N) is 1. The summed E-state index contributed by atoms with van der Waals surface area (Å²) < 4.78 is 85.7. The van der Waals surface area contributed by atoms with E-state index in [0.717, 1.165) is 6.08 Å². The monoisotopic (exact) mass is 314 g/mol. The molecule has 1 aromatic carbocycles. The molecule has 0 amide bonds. The van der Waals surface area contributed by atoms with Crippen molar-refractivity contribution in [3.8, 4) is 0 Å². The van der Waals surface area contributed by atoms with Gasteiger partial charge in [0, 0.05) is 6.21 Å². The Morgan fingerprint density at radius 2 is 1.48 bits per heavy atom. The van der Waals surface area contributed by atoms with Crippen LogP contribution in [0, 0.1) is 0 Å². The van der Waals surface area contributed by atoms with Crippen LogP contribution in [0.5, 0.6) is 0 Å². The van der Waals surface area contributed by atoms with Gasteiger partial charge in [0.1, 0.15) is 0 Å². The standard InChI is InChI=1S/C12H9F7N2/c13-10(14,11(15,16)17)12(18,19)21-20-8-4-7-9-5-2-1-3-6-9/h1-8,21H/b7-4+,20-8+. The molecule has 0 atom stereocenters. The van der Waals surface area contributed by atoms with Crippen molar-refractivity contribution in [2.24, 2.45) is 5.10 Å². The molecule has 2 nitrogen and oxygen atoms in total. The fourth-order valence-electron chi connectivity index (χ4n) is 1.13. The number of halogens is 7. The molecule has 9 heteroatoms. The van der Waals surface area contributed by atoms with Crippen LogP contribution in [0.25, 0.3) is 6.08 Å². The summed E-state index contributed by atoms with van der Waals surface area (Å²) in [5.41, 5.74) is 1.17. The fraction of sp³-hybridized carbons (Fsp3) is 0.250. The molecular weight excluding hydrogens is 305 g/mol. The van der Waals surface area contributed by atoms with Gasteiger partial charge < -0.3 is 0 Å². The number of hydrogen-bond donors (Lipinski definition) is 1. The molecule has 0 saturated heterocycles. The summed E-state index contributed by atoms with van der Waals surface area (Å²) in [6, 6.07) is 2.86. The first-order valence-electron chi connectivity index (χ1n) is 5.42. The SMILES string of the molecule is FC(F)(F)C(F)(F)C(F)(F)N/N=C/C=C/c1ccccc1. The zero-order valence-corrected chi connectivity index (χ0v) is 10.2. The number of benzene rings is 1. The molecule has 0 radical (unpaired) electrons. The zero-order valence-electron chi connectivity index (χ0n) is 10.2. The summed E-state index contributed by atoms with van der Waals surface area (Å²) in [4.78, 5) is 0. The lowest BCUT2D eigenvalue weighted by molar-refractivity contribution is -0.361. The molecule has 0 spiro atoms. The summed E-state index contributed by atoms with van der Waals surface area (Å²) in [5, 5.41) is 2.65. The Labute approximate surface area is 115 Å². The molecule has 116 valence electrons. The van der Waals surface area contributed by atoms with Crippen LogP contribution in [0.2, 0.25) is 0 Å². The summed E-state index contributed by atoms with van der Waals surface area (Å²) in [7, 11) is 0. The van der Waals surface area contributed by atoms with Gasteiger partial charge in [0.25, 0.3) is 0 Å². The second kappa shape index (κ2) is 6.15. The molecule has 0 aromatic heterocycles. The van der Waals surface area contributed by atoms with E-state index in [4.69, 9.17) is 0 Å². The molecule has 21 heavy (non-hydrogen) atoms. The highest BCUT2D eigenvalue weighted by Gasteiger charge is 2.73. The molecule has 0 aliphatic heterocycles. The summed E-state index contributed by atoms with van der Waals surface area (Å²) in [6.07, 6.45) is -3.26. The van der Waals surface area contributed by atoms with Crippen molar-refractivity contribution in [2.45, 2.75) is 18.1 Å². The Bertz CT molecular complexity index is 506. The first kappa shape index (κ1) is 17.0. The van der Waals surface area contributed by atoms with Gasteiger partial charge in [-0.2, -0.15) is 35.8 Å². The lowest BCUT2D eigenvalue weighted by Crippen LogP contribution is -2.58. The Morgan fingerprint density at radius 1 is 0.905 bits per heavy atom. The molecule has 1 rings (SSSR count). The molecule has 1 aromatic rings. The number of hydrazone groups is 1. The highest BCUT2D eigenvalue weighted by molar-refractivity contribution is 5.77. The number of hydrogen-bond acceptors (Lipinski definition) is 2. The minimum absolute atomic E-state index is 0.507. The van der Waals surface area contributed by atoms with Crippen LogP contribution >= 0.6 is 0 Å². The second-order valence-electron chi connectivity index (χ2n) is 3.81. The first-order chi connectivity index (χ1) is 9.58. The van der Waals surface area contributed by atoms with Gasteiger partial charge in [-0.3, -0.25) is 0 Å². The van der Waals surface area contributed by atoms with E-state index in [-0.39, 0.29) is 0 Å². The third-order valence-electron chi connectivity index (χ3n) is 2.20. The van der Waals surface area contributed by atoms with Crippen molar-refractivity contribution in [2.75, 3.05) is 0 Å². The third kappa shape index (κ3) is 4.20. The van der Waals surface area contributed by atoms with Crippen LogP contribution in [0.1, 0.15) is 5.56 Å². The van der Waals surface area contributed by atoms with Gasteiger partial charge >= 0.3 is 18.1 Å². The van der Waals surface area contributed by atoms with Crippen LogP contribution in [0.3, 0.4) is 0 Å². The maximum Gasteiger partial charge on any atom is 0.462 e. The average Bonchev–Trinajstić information content (AvgIpc) is 2.38. The predicted molar refractivity (Wildman–Crippen MR) is 63.1 cm³/mol. The quantitative estimate of drug-likeness (QED) is 0.377. The molecular formula is C12H9F7N2. The Morgan fingerprint density at radius 3 is 2.00 bits per heavy atom. The number of nitrogens with one attached hydrogen (secondary N) is 1. The maximum absolute atomic E-state index is 12.7. The largest absolute Gasteiger partial charge is 0.462 e. The maximum atomic E-state index is 12.7. The lowest BCUT2D eigenvalue weighted by atomic mass is 10.2. The number of alkyl halides is 7. The molecule has 0 aliphatic rings. The van der Waals surface area contributed by atoms with Crippen molar-refractivity contribution in [1.29, 1.82) is 0 Å². The van der Waals surface area contributed by atoms with E-state index in [9.17, 15) is 30.7 Å². The Balaban J connectivity index is 2.65. The van der Waals surface area contributed by atoms with Gasteiger partial charge in [0.05, 0.1) is 0 Å². The Kier molecular flexibility index (Phi) is 4.97. The first-order valence-corrected chi connectivity index (χ1v) is 5.42. The van der Waals surface area contributed by atoms with Gasteiger partial charge in [-0.1, -0.05) is 36.4 Å². The highest BCUT2D eigenvalue weighted by Crippen LogP contribution is 2.44. The van der Waals surface area contributed by atoms with E-state index in [2.05, 4.69) is 5.10 Å². The smallest absolute Gasteiger partial charge is 0.243 e. The van der Waals surface area contributed by atoms with Crippen molar-refractivity contribution >= 4 is 12.3 Å². The van der Waals surface area contributed by atoms with Crippen molar-refractivity contribution in [1.82, 2.24) is 5.43 Å². The highest BCUT2D eigenvalue weighted by atomic mass is 19.4. The van der Waals surface area contributed by atoms with E-state index >= 15 is 0 Å². The third-order valence-corrected chi connectivity index (χ3v) is 2.20. The minimum Gasteiger partial charge on any atom is -0.243 e. The van der Waals surface area contributed by atoms with Crippen molar-refractivity contribution in [3.05, 3.63) is 42.0 Å². The molecule has 0 saturated carbocycles. The van der Waals surface area contributed by atoms with Crippen LogP contribution in [-0.4, -0.2) is 24.4 Å². The molecule has 0 heterocycles. The van der Waals surface area contributed by atoms with E-state index in [1.807, 2.05) is 0 Å². The van der Waals surface area contributed by atoms with Crippen LogP contribution in [0.15, 0.2) is 41.5 Å². The van der Waals surface area contributed by atoms with E-state index in [1.54, 1.807) is 30.3 Å². The molecule has 1 N–H and O–H groups in total. The molecule has 0 aliphatic carbocycles. The second-order valence-corrected chi connectivity index (χ2v) is 3.81. The van der Waals surface area contributed by atoms with Gasteiger partial charge in [0.15, 0.2) is 0 Å². The van der Waals surface area contributed by atoms with Gasteiger partial charge in [-0.15, -0.1) is 0 Å². The summed E-state index contributed by atoms with van der Waals surface area (Å²) >= 11 is 0. The lowest BCUT2D eigenvalue weighted by Gasteiger charge is -2.27. The molecule has 0 bridgehead atoms. The predicted octanol–water partition coefficient (Wildman–Crippen LogP) is 4.07. The molecule has 0 fully saturated rings. The van der Waals surface area contributed by atoms with E-state index in [0.29, 0.717) is 17.2 Å². The number of rotatable bonds is 5. The van der Waals surface area contributed by atoms with Gasteiger partial charge in [-0.25, -0.2) is 5.43 Å². The number of allylic oxidation sites excluding steroid dienone is 1. The van der Waals surface area contributed by atoms with E-state index in [1.165, 1.54) is 6.08 Å². The van der Waals surface area contributed by atoms with Crippen molar-refractivity contribution in [3.63, 3.8) is 0 Å². The summed E-state index contributed by atoms with van der Waals surface area (Å²) in [5.74, 6) is -6.24. The minimum atomic E-state index is -6.39. The van der Waals surface area contributed by atoms with Crippen LogP contribution in [-0.2, 0) is 0 Å². The van der Waals surface area contributed by atoms with Crippen LogP contribution in [0.4, 0.5) is 30.7 Å². The fourth-order valence-corrected chi connectivity index (χ4v) is 1.13.